The Morgan fingerprint density at radius 3 is 2.63 bits per heavy atom. The number of benzene rings is 1. The molecule has 2 N–H and O–H groups in total. The number of nitrogens with zero attached hydrogens (tertiary/aromatic N) is 1. The van der Waals surface area contributed by atoms with Gasteiger partial charge in [0.2, 0.25) is 0 Å². The Labute approximate surface area is 119 Å². The van der Waals surface area contributed by atoms with Crippen molar-refractivity contribution in [3.8, 4) is 0 Å². The van der Waals surface area contributed by atoms with Crippen LogP contribution in [0.2, 0.25) is 5.02 Å². The molecule has 0 spiro atoms. The third-order valence-electron chi connectivity index (χ3n) is 3.08. The van der Waals surface area contributed by atoms with Gasteiger partial charge in [-0.25, -0.2) is 4.79 Å². The number of rotatable bonds is 6. The second-order valence-electron chi connectivity index (χ2n) is 4.60. The second-order valence-corrected chi connectivity index (χ2v) is 5.04. The van der Waals surface area contributed by atoms with Crippen LogP contribution in [0.3, 0.4) is 0 Å². The first-order valence-electron chi connectivity index (χ1n) is 6.40. The van der Waals surface area contributed by atoms with Gasteiger partial charge in [0, 0.05) is 18.6 Å². The van der Waals surface area contributed by atoms with Gasteiger partial charge >= 0.3 is 6.03 Å². The van der Waals surface area contributed by atoms with Crippen LogP contribution in [0.15, 0.2) is 24.3 Å². The Morgan fingerprint density at radius 1 is 1.42 bits per heavy atom. The van der Waals surface area contributed by atoms with E-state index < -0.39 is 0 Å². The van der Waals surface area contributed by atoms with Crippen molar-refractivity contribution in [2.75, 3.05) is 20.2 Å². The number of halogens is 1. The van der Waals surface area contributed by atoms with Gasteiger partial charge in [-0.1, -0.05) is 23.7 Å². The Kier molecular flexibility index (Phi) is 6.67. The maximum Gasteiger partial charge on any atom is 0.317 e. The van der Waals surface area contributed by atoms with Crippen molar-refractivity contribution in [1.29, 1.82) is 0 Å². The van der Waals surface area contributed by atoms with Crippen molar-refractivity contribution in [2.24, 2.45) is 0 Å². The van der Waals surface area contributed by atoms with Gasteiger partial charge in [0.25, 0.3) is 0 Å². The highest BCUT2D eigenvalue weighted by atomic mass is 35.5. The molecule has 0 radical (unpaired) electrons. The maximum atomic E-state index is 11.7. The van der Waals surface area contributed by atoms with E-state index in [2.05, 4.69) is 5.32 Å². The van der Waals surface area contributed by atoms with Crippen LogP contribution in [-0.2, 0) is 6.42 Å². The first kappa shape index (κ1) is 15.8. The minimum atomic E-state index is -0.170. The summed E-state index contributed by atoms with van der Waals surface area (Å²) in [6.07, 6.45) is 1.77. The summed E-state index contributed by atoms with van der Waals surface area (Å²) >= 11 is 5.81. The number of amides is 2. The van der Waals surface area contributed by atoms with E-state index in [4.69, 9.17) is 16.7 Å². The van der Waals surface area contributed by atoms with Gasteiger partial charge in [0.1, 0.15) is 0 Å². The number of aliphatic hydroxyl groups is 1. The van der Waals surface area contributed by atoms with Crippen molar-refractivity contribution >= 4 is 17.6 Å². The zero-order chi connectivity index (χ0) is 14.3. The smallest absolute Gasteiger partial charge is 0.317 e. The number of aryl methyl sites for hydroxylation is 1. The summed E-state index contributed by atoms with van der Waals surface area (Å²) < 4.78 is 0. The fourth-order valence-electron chi connectivity index (χ4n) is 1.59. The average Bonchev–Trinajstić information content (AvgIpc) is 2.43. The molecule has 1 aromatic rings. The molecule has 0 saturated heterocycles. The number of hydrogen-bond donors (Lipinski definition) is 2. The van der Waals surface area contributed by atoms with E-state index in [9.17, 15) is 4.79 Å². The van der Waals surface area contributed by atoms with E-state index in [0.29, 0.717) is 6.54 Å². The van der Waals surface area contributed by atoms with Crippen LogP contribution in [0.5, 0.6) is 0 Å². The lowest BCUT2D eigenvalue weighted by Gasteiger charge is -2.23. The van der Waals surface area contributed by atoms with Crippen LogP contribution >= 0.6 is 11.6 Å². The molecule has 1 atom stereocenters. The average molecular weight is 285 g/mol. The zero-order valence-corrected chi connectivity index (χ0v) is 12.2. The van der Waals surface area contributed by atoms with E-state index in [1.165, 1.54) is 10.5 Å². The molecule has 0 aliphatic carbocycles. The molecule has 2 amide bonds. The molecule has 4 nitrogen and oxygen atoms in total. The van der Waals surface area contributed by atoms with Crippen LogP contribution in [-0.4, -0.2) is 42.3 Å². The standard InChI is InChI=1S/C14H21ClN2O2/c1-11(10-18)17(2)14(19)16-9-3-4-12-5-7-13(15)8-6-12/h5-8,11,18H,3-4,9-10H2,1-2H3,(H,16,19). The summed E-state index contributed by atoms with van der Waals surface area (Å²) in [5.41, 5.74) is 1.20. The highest BCUT2D eigenvalue weighted by molar-refractivity contribution is 6.30. The number of likely N-dealkylation sites (N-methyl/N-ethyl adjacent to an activating group) is 1. The van der Waals surface area contributed by atoms with Gasteiger partial charge in [-0.3, -0.25) is 0 Å². The molecule has 0 aliphatic rings. The molecule has 0 saturated carbocycles. The van der Waals surface area contributed by atoms with E-state index in [1.807, 2.05) is 24.3 Å². The molecule has 1 unspecified atom stereocenters. The van der Waals surface area contributed by atoms with Crippen molar-refractivity contribution in [1.82, 2.24) is 10.2 Å². The van der Waals surface area contributed by atoms with Crippen LogP contribution in [0, 0.1) is 0 Å². The third-order valence-corrected chi connectivity index (χ3v) is 3.33. The van der Waals surface area contributed by atoms with Gasteiger partial charge < -0.3 is 15.3 Å². The first-order chi connectivity index (χ1) is 9.04. The Morgan fingerprint density at radius 2 is 2.05 bits per heavy atom. The summed E-state index contributed by atoms with van der Waals surface area (Å²) in [5.74, 6) is 0. The van der Waals surface area contributed by atoms with Gasteiger partial charge in [-0.05, 0) is 37.5 Å². The van der Waals surface area contributed by atoms with Crippen LogP contribution in [0.4, 0.5) is 4.79 Å². The normalized spacial score (nSPS) is 12.0. The molecular weight excluding hydrogens is 264 g/mol. The summed E-state index contributed by atoms with van der Waals surface area (Å²) in [4.78, 5) is 13.2. The number of carbonyl (C=O) groups is 1. The van der Waals surface area contributed by atoms with Crippen molar-refractivity contribution in [2.45, 2.75) is 25.8 Å². The quantitative estimate of drug-likeness (QED) is 0.788. The molecule has 0 aliphatic heterocycles. The predicted molar refractivity (Wildman–Crippen MR) is 77.5 cm³/mol. The van der Waals surface area contributed by atoms with Crippen LogP contribution in [0.1, 0.15) is 18.9 Å². The molecule has 19 heavy (non-hydrogen) atoms. The van der Waals surface area contributed by atoms with Crippen molar-refractivity contribution in [3.63, 3.8) is 0 Å². The Hall–Kier alpha value is -1.26. The fourth-order valence-corrected chi connectivity index (χ4v) is 1.71. The minimum Gasteiger partial charge on any atom is -0.394 e. The third kappa shape index (κ3) is 5.49. The van der Waals surface area contributed by atoms with Crippen LogP contribution < -0.4 is 5.32 Å². The van der Waals surface area contributed by atoms with Crippen molar-refractivity contribution in [3.05, 3.63) is 34.9 Å². The zero-order valence-electron chi connectivity index (χ0n) is 11.4. The minimum absolute atomic E-state index is 0.0330. The van der Waals surface area contributed by atoms with Crippen molar-refractivity contribution < 1.29 is 9.90 Å². The lowest BCUT2D eigenvalue weighted by atomic mass is 10.1. The second kappa shape index (κ2) is 8.02. The van der Waals surface area contributed by atoms with Gasteiger partial charge in [-0.15, -0.1) is 0 Å². The van der Waals surface area contributed by atoms with Gasteiger partial charge in [0.15, 0.2) is 0 Å². The molecule has 1 aromatic carbocycles. The largest absolute Gasteiger partial charge is 0.394 e. The first-order valence-corrected chi connectivity index (χ1v) is 6.78. The number of urea groups is 1. The molecule has 0 heterocycles. The number of hydrogen-bond acceptors (Lipinski definition) is 2. The van der Waals surface area contributed by atoms with E-state index in [0.717, 1.165) is 17.9 Å². The molecule has 0 bridgehead atoms. The Balaban J connectivity index is 2.23. The van der Waals surface area contributed by atoms with E-state index in [1.54, 1.807) is 14.0 Å². The molecule has 5 heteroatoms. The molecule has 0 aromatic heterocycles. The van der Waals surface area contributed by atoms with Gasteiger partial charge in [0.05, 0.1) is 12.6 Å². The highest BCUT2D eigenvalue weighted by Crippen LogP contribution is 2.10. The summed E-state index contributed by atoms with van der Waals surface area (Å²) in [5, 5.41) is 12.5. The number of carbonyl (C=O) groups excluding carboxylic acids is 1. The van der Waals surface area contributed by atoms with Gasteiger partial charge in [-0.2, -0.15) is 0 Å². The molecule has 1 rings (SSSR count). The fraction of sp³-hybridized carbons (Fsp3) is 0.500. The maximum absolute atomic E-state index is 11.7. The highest BCUT2D eigenvalue weighted by Gasteiger charge is 2.13. The van der Waals surface area contributed by atoms with E-state index >= 15 is 0 Å². The Bertz CT molecular complexity index is 395. The summed E-state index contributed by atoms with van der Waals surface area (Å²) in [7, 11) is 1.68. The monoisotopic (exact) mass is 284 g/mol. The lowest BCUT2D eigenvalue weighted by molar-refractivity contribution is 0.157. The number of aliphatic hydroxyl groups excluding tert-OH is 1. The van der Waals surface area contributed by atoms with E-state index in [-0.39, 0.29) is 18.7 Å². The summed E-state index contributed by atoms with van der Waals surface area (Å²) in [6, 6.07) is 7.39. The predicted octanol–water partition coefficient (Wildman–Crippen LogP) is 2.29. The summed E-state index contributed by atoms with van der Waals surface area (Å²) in [6.45, 7) is 2.38. The number of nitrogens with one attached hydrogen (secondary N) is 1. The molecular formula is C14H21ClN2O2. The lowest BCUT2D eigenvalue weighted by Crippen LogP contribution is -2.44. The molecule has 0 fully saturated rings. The van der Waals surface area contributed by atoms with Crippen LogP contribution in [0.25, 0.3) is 0 Å². The SMILES string of the molecule is CC(CO)N(C)C(=O)NCCCc1ccc(Cl)cc1. The topological polar surface area (TPSA) is 52.6 Å². The molecule has 106 valence electrons.